The summed E-state index contributed by atoms with van der Waals surface area (Å²) in [5.74, 6) is -0.346. The zero-order chi connectivity index (χ0) is 18.8. The van der Waals surface area contributed by atoms with E-state index in [-0.39, 0.29) is 16.9 Å². The van der Waals surface area contributed by atoms with Crippen LogP contribution in [0.2, 0.25) is 18.1 Å². The van der Waals surface area contributed by atoms with Gasteiger partial charge in [-0.1, -0.05) is 36.7 Å². The van der Waals surface area contributed by atoms with Gasteiger partial charge in [0, 0.05) is 17.6 Å². The normalized spacial score (nSPS) is 18.6. The SMILES string of the molecule is CC(C)(C)[Si](C)(C)OCCCN1CC(c2cc(F)cc(Br)c2)OC1=O. The number of halogens is 2. The Kier molecular flexibility index (Phi) is 6.33. The quantitative estimate of drug-likeness (QED) is 0.441. The van der Waals surface area contributed by atoms with Crippen LogP contribution in [0.1, 0.15) is 38.9 Å². The Morgan fingerprint density at radius 1 is 1.36 bits per heavy atom. The molecule has 4 nitrogen and oxygen atoms in total. The van der Waals surface area contributed by atoms with Crippen molar-refractivity contribution in [1.29, 1.82) is 0 Å². The molecule has 1 aliphatic rings. The fraction of sp³-hybridized carbons (Fsp3) is 0.611. The lowest BCUT2D eigenvalue weighted by molar-refractivity contribution is 0.132. The average Bonchev–Trinajstić information content (AvgIpc) is 2.83. The minimum Gasteiger partial charge on any atom is -0.439 e. The molecule has 1 aliphatic heterocycles. The van der Waals surface area contributed by atoms with Crippen LogP contribution in [-0.2, 0) is 9.16 Å². The molecule has 0 bridgehead atoms. The first-order valence-electron chi connectivity index (χ1n) is 8.55. The van der Waals surface area contributed by atoms with Crippen molar-refractivity contribution in [3.8, 4) is 0 Å². The minimum absolute atomic E-state index is 0.176. The summed E-state index contributed by atoms with van der Waals surface area (Å²) in [6.45, 7) is 12.7. The lowest BCUT2D eigenvalue weighted by atomic mass is 10.1. The maximum atomic E-state index is 13.5. The van der Waals surface area contributed by atoms with E-state index in [1.54, 1.807) is 11.0 Å². The number of carbonyl (C=O) groups is 1. The van der Waals surface area contributed by atoms with Crippen LogP contribution in [-0.4, -0.2) is 39.0 Å². The molecule has 0 spiro atoms. The molecule has 1 fully saturated rings. The highest BCUT2D eigenvalue weighted by molar-refractivity contribution is 9.10. The molecule has 7 heteroatoms. The van der Waals surface area contributed by atoms with E-state index in [2.05, 4.69) is 49.8 Å². The Bertz CT molecular complexity index is 613. The molecule has 1 unspecified atom stereocenters. The van der Waals surface area contributed by atoms with Crippen LogP contribution in [0.25, 0.3) is 0 Å². The van der Waals surface area contributed by atoms with Crippen LogP contribution >= 0.6 is 15.9 Å². The highest BCUT2D eigenvalue weighted by Gasteiger charge is 2.37. The molecule has 1 aromatic rings. The van der Waals surface area contributed by atoms with Crippen molar-refractivity contribution in [3.63, 3.8) is 0 Å². The number of amides is 1. The number of hydrogen-bond donors (Lipinski definition) is 0. The molecule has 25 heavy (non-hydrogen) atoms. The summed E-state index contributed by atoms with van der Waals surface area (Å²) in [7, 11) is -1.76. The van der Waals surface area contributed by atoms with E-state index in [0.717, 1.165) is 6.42 Å². The molecule has 140 valence electrons. The Labute approximate surface area is 158 Å². The molecular weight excluding hydrogens is 405 g/mol. The fourth-order valence-corrected chi connectivity index (χ4v) is 4.00. The Morgan fingerprint density at radius 3 is 2.64 bits per heavy atom. The second-order valence-corrected chi connectivity index (χ2v) is 13.7. The van der Waals surface area contributed by atoms with Crippen molar-refractivity contribution in [1.82, 2.24) is 4.90 Å². The van der Waals surface area contributed by atoms with E-state index in [9.17, 15) is 9.18 Å². The fourth-order valence-electron chi connectivity index (χ4n) is 2.42. The van der Waals surface area contributed by atoms with Crippen molar-refractivity contribution >= 4 is 30.3 Å². The first-order chi connectivity index (χ1) is 11.5. The smallest absolute Gasteiger partial charge is 0.410 e. The van der Waals surface area contributed by atoms with Gasteiger partial charge in [0.2, 0.25) is 0 Å². The van der Waals surface area contributed by atoms with E-state index in [0.29, 0.717) is 29.7 Å². The zero-order valence-corrected chi connectivity index (χ0v) is 18.2. The molecule has 1 atom stereocenters. The Hall–Kier alpha value is -0.923. The lowest BCUT2D eigenvalue weighted by Gasteiger charge is -2.36. The van der Waals surface area contributed by atoms with E-state index in [1.807, 2.05) is 0 Å². The van der Waals surface area contributed by atoms with Crippen LogP contribution in [0.5, 0.6) is 0 Å². The van der Waals surface area contributed by atoms with Gasteiger partial charge in [-0.15, -0.1) is 0 Å². The largest absolute Gasteiger partial charge is 0.439 e. The van der Waals surface area contributed by atoms with Crippen LogP contribution < -0.4 is 0 Å². The van der Waals surface area contributed by atoms with Gasteiger partial charge < -0.3 is 14.1 Å². The Morgan fingerprint density at radius 2 is 2.04 bits per heavy atom. The molecule has 0 aromatic heterocycles. The van der Waals surface area contributed by atoms with E-state index in [1.165, 1.54) is 12.1 Å². The van der Waals surface area contributed by atoms with Gasteiger partial charge in [-0.2, -0.15) is 0 Å². The highest BCUT2D eigenvalue weighted by Crippen LogP contribution is 2.36. The summed E-state index contributed by atoms with van der Waals surface area (Å²) in [4.78, 5) is 13.7. The highest BCUT2D eigenvalue weighted by atomic mass is 79.9. The third-order valence-electron chi connectivity index (χ3n) is 4.99. The minimum atomic E-state index is -1.76. The molecule has 0 aliphatic carbocycles. The molecule has 0 N–H and O–H groups in total. The van der Waals surface area contributed by atoms with Crippen LogP contribution in [0.4, 0.5) is 9.18 Å². The summed E-state index contributed by atoms with van der Waals surface area (Å²) < 4.78 is 25.7. The average molecular weight is 432 g/mol. The molecule has 2 rings (SSSR count). The van der Waals surface area contributed by atoms with Gasteiger partial charge in [-0.05, 0) is 48.3 Å². The van der Waals surface area contributed by atoms with Gasteiger partial charge >= 0.3 is 6.09 Å². The van der Waals surface area contributed by atoms with Crippen molar-refractivity contribution in [2.45, 2.75) is 51.4 Å². The number of carbonyl (C=O) groups excluding carboxylic acids is 1. The number of hydrogen-bond acceptors (Lipinski definition) is 3. The third-order valence-corrected chi connectivity index (χ3v) is 9.98. The zero-order valence-electron chi connectivity index (χ0n) is 15.6. The maximum Gasteiger partial charge on any atom is 0.410 e. The number of nitrogens with zero attached hydrogens (tertiary/aromatic N) is 1. The summed E-state index contributed by atoms with van der Waals surface area (Å²) >= 11 is 3.27. The second-order valence-electron chi connectivity index (χ2n) is 7.98. The van der Waals surface area contributed by atoms with Crippen molar-refractivity contribution in [2.24, 2.45) is 0 Å². The molecule has 1 aromatic carbocycles. The number of cyclic esters (lactones) is 1. The van der Waals surface area contributed by atoms with E-state index >= 15 is 0 Å². The summed E-state index contributed by atoms with van der Waals surface area (Å²) in [6.07, 6.45) is -0.0141. The molecule has 1 saturated heterocycles. The van der Waals surface area contributed by atoms with Crippen molar-refractivity contribution in [2.75, 3.05) is 19.7 Å². The summed E-state index contributed by atoms with van der Waals surface area (Å²) in [6, 6.07) is 4.58. The maximum absolute atomic E-state index is 13.5. The summed E-state index contributed by atoms with van der Waals surface area (Å²) in [5.41, 5.74) is 0.667. The molecular formula is C18H27BrFNO3Si. The third kappa shape index (κ3) is 5.28. The standard InChI is InChI=1S/C18H27BrFNO3Si/c1-18(2,3)25(4,5)23-8-6-7-21-12-16(24-17(21)22)13-9-14(19)11-15(20)10-13/h9-11,16H,6-8,12H2,1-5H3. The van der Waals surface area contributed by atoms with Crippen molar-refractivity contribution < 1.29 is 18.3 Å². The van der Waals surface area contributed by atoms with Crippen LogP contribution in [0.3, 0.4) is 0 Å². The first-order valence-corrected chi connectivity index (χ1v) is 12.3. The van der Waals surface area contributed by atoms with Gasteiger partial charge in [0.1, 0.15) is 11.9 Å². The number of ether oxygens (including phenoxy) is 1. The number of benzene rings is 1. The van der Waals surface area contributed by atoms with Crippen molar-refractivity contribution in [3.05, 3.63) is 34.1 Å². The first kappa shape index (κ1) is 20.4. The van der Waals surface area contributed by atoms with Gasteiger partial charge in [-0.25, -0.2) is 9.18 Å². The molecule has 0 radical (unpaired) electrons. The predicted octanol–water partition coefficient (Wildman–Crippen LogP) is 5.49. The molecule has 0 saturated carbocycles. The Balaban J connectivity index is 1.85. The van der Waals surface area contributed by atoms with E-state index < -0.39 is 14.4 Å². The van der Waals surface area contributed by atoms with E-state index in [4.69, 9.17) is 9.16 Å². The monoisotopic (exact) mass is 431 g/mol. The van der Waals surface area contributed by atoms with Gasteiger partial charge in [0.15, 0.2) is 8.32 Å². The van der Waals surface area contributed by atoms with Gasteiger partial charge in [-0.3, -0.25) is 0 Å². The second kappa shape index (κ2) is 7.76. The lowest BCUT2D eigenvalue weighted by Crippen LogP contribution is -2.41. The van der Waals surface area contributed by atoms with Crippen LogP contribution in [0, 0.1) is 5.82 Å². The van der Waals surface area contributed by atoms with Gasteiger partial charge in [0.25, 0.3) is 0 Å². The number of rotatable bonds is 6. The van der Waals surface area contributed by atoms with Gasteiger partial charge in [0.05, 0.1) is 6.54 Å². The summed E-state index contributed by atoms with van der Waals surface area (Å²) in [5, 5.41) is 0.176. The topological polar surface area (TPSA) is 38.8 Å². The molecule has 1 amide bonds. The predicted molar refractivity (Wildman–Crippen MR) is 103 cm³/mol. The molecule has 1 heterocycles. The van der Waals surface area contributed by atoms with Crippen LogP contribution in [0.15, 0.2) is 22.7 Å².